The molecule has 0 bridgehead atoms. The molecule has 0 N–H and O–H groups in total. The third-order valence-corrected chi connectivity index (χ3v) is 18.5. The first-order valence-corrected chi connectivity index (χ1v) is 25.5. The van der Waals surface area contributed by atoms with Crippen molar-refractivity contribution in [2.75, 3.05) is 0 Å². The van der Waals surface area contributed by atoms with Crippen LogP contribution >= 0.6 is 69.6 Å². The average Bonchev–Trinajstić information content (AvgIpc) is 4.07. The Hall–Kier alpha value is -6.06. The zero-order chi connectivity index (χ0) is 45.9. The van der Waals surface area contributed by atoms with Crippen molar-refractivity contribution in [3.05, 3.63) is 209 Å². The summed E-state index contributed by atoms with van der Waals surface area (Å²) < 4.78 is 0. The van der Waals surface area contributed by atoms with Gasteiger partial charge in [-0.1, -0.05) is 209 Å². The molecule has 13 aromatic rings. The standard InChI is InChI=1S/C63H30Cl6/c64-45-27-31-22-23-41-47(38-19-7-16-35-32-13-4-1-10-28(32)24-42(35)38)48(39-20-8-17-36-33-14-5-2-11-29(33)25-43(36)39)53-50(40-21-9-18-37-34-15-6-3-12-30(34)26-44(37)40)59(65)57-56-54(53)49(41)46(31)52-51(45)60(66)62(68)58(55(52)56)63(69)61(57)67/h1-23,27H,24-26H2. The molecule has 0 aliphatic heterocycles. The van der Waals surface area contributed by atoms with Crippen molar-refractivity contribution in [3.8, 4) is 66.8 Å². The SMILES string of the molecule is Clc1cc2ccc3c(-c4cccc5c4Cc4ccccc4-5)c(-c4cccc5c4Cc4ccccc4-5)c4c(-c5cccc6c5Cc5ccccc5-6)c(Cl)c5c(Cl)c(Cl)c6c(Cl)c(Cl)c1c1c2c3c4c5c61. The number of hydrogen-bond donors (Lipinski definition) is 0. The summed E-state index contributed by atoms with van der Waals surface area (Å²) in [4.78, 5) is 0. The molecule has 6 heteroatoms. The number of benzene rings is 13. The van der Waals surface area contributed by atoms with Gasteiger partial charge < -0.3 is 0 Å². The number of halogens is 6. The lowest BCUT2D eigenvalue weighted by molar-refractivity contribution is 1.26. The van der Waals surface area contributed by atoms with Gasteiger partial charge in [-0.3, -0.25) is 0 Å². The van der Waals surface area contributed by atoms with E-state index in [4.69, 9.17) is 69.6 Å². The van der Waals surface area contributed by atoms with Gasteiger partial charge in [0.25, 0.3) is 0 Å². The van der Waals surface area contributed by atoms with Crippen LogP contribution in [0.2, 0.25) is 30.1 Å². The molecular formula is C63H30Cl6. The Kier molecular flexibility index (Phi) is 7.97. The molecule has 0 aromatic heterocycles. The zero-order valence-electron chi connectivity index (χ0n) is 36.2. The van der Waals surface area contributed by atoms with E-state index in [-0.39, 0.29) is 0 Å². The lowest BCUT2D eigenvalue weighted by atomic mass is 9.74. The van der Waals surface area contributed by atoms with Crippen molar-refractivity contribution < 1.29 is 0 Å². The zero-order valence-corrected chi connectivity index (χ0v) is 40.8. The number of fused-ring (bicyclic) bond motifs is 9. The second-order valence-corrected chi connectivity index (χ2v) is 21.4. The minimum atomic E-state index is 0.310. The Balaban J connectivity index is 1.22. The van der Waals surface area contributed by atoms with Crippen molar-refractivity contribution in [1.29, 1.82) is 0 Å². The van der Waals surface area contributed by atoms with Gasteiger partial charge in [0.05, 0.1) is 30.1 Å². The van der Waals surface area contributed by atoms with Crippen LogP contribution in [0.4, 0.5) is 0 Å². The molecule has 0 saturated heterocycles. The highest BCUT2D eigenvalue weighted by Crippen LogP contribution is 2.64. The first-order chi connectivity index (χ1) is 33.8. The fraction of sp³-hybridized carbons (Fsp3) is 0.0476. The van der Waals surface area contributed by atoms with E-state index in [2.05, 4.69) is 140 Å². The molecule has 16 rings (SSSR count). The van der Waals surface area contributed by atoms with E-state index < -0.39 is 0 Å². The van der Waals surface area contributed by atoms with Crippen LogP contribution in [0.3, 0.4) is 0 Å². The predicted octanol–water partition coefficient (Wildman–Crippen LogP) is 20.6. The van der Waals surface area contributed by atoms with E-state index in [1.807, 2.05) is 6.07 Å². The van der Waals surface area contributed by atoms with Gasteiger partial charge in [0.2, 0.25) is 0 Å². The smallest absolute Gasteiger partial charge is 0.0693 e. The van der Waals surface area contributed by atoms with E-state index in [1.54, 1.807) is 0 Å². The third kappa shape index (κ3) is 4.86. The Labute approximate surface area is 426 Å². The molecule has 324 valence electrons. The quantitative estimate of drug-likeness (QED) is 0.122. The molecule has 69 heavy (non-hydrogen) atoms. The van der Waals surface area contributed by atoms with E-state index >= 15 is 0 Å². The predicted molar refractivity (Wildman–Crippen MR) is 296 cm³/mol. The van der Waals surface area contributed by atoms with Crippen molar-refractivity contribution in [3.63, 3.8) is 0 Å². The molecule has 0 fully saturated rings. The van der Waals surface area contributed by atoms with Gasteiger partial charge in [0.15, 0.2) is 0 Å². The van der Waals surface area contributed by atoms with Gasteiger partial charge in [0.1, 0.15) is 0 Å². The fourth-order valence-electron chi connectivity index (χ4n) is 13.4. The maximum absolute atomic E-state index is 8.36. The molecule has 0 amide bonds. The summed E-state index contributed by atoms with van der Waals surface area (Å²) in [5.74, 6) is 0. The topological polar surface area (TPSA) is 0 Å². The lowest BCUT2D eigenvalue weighted by Gasteiger charge is -2.30. The first-order valence-electron chi connectivity index (χ1n) is 23.2. The Morgan fingerprint density at radius 1 is 0.261 bits per heavy atom. The minimum absolute atomic E-state index is 0.310. The van der Waals surface area contributed by atoms with E-state index in [0.717, 1.165) is 84.4 Å². The van der Waals surface area contributed by atoms with Crippen molar-refractivity contribution >= 4 is 134 Å². The summed E-state index contributed by atoms with van der Waals surface area (Å²) in [6.07, 6.45) is 2.37. The van der Waals surface area contributed by atoms with Crippen LogP contribution in [0.25, 0.3) is 131 Å². The van der Waals surface area contributed by atoms with Crippen molar-refractivity contribution in [2.45, 2.75) is 19.3 Å². The summed E-state index contributed by atoms with van der Waals surface area (Å²) in [5, 5.41) is 13.4. The summed E-state index contributed by atoms with van der Waals surface area (Å²) in [7, 11) is 0. The maximum Gasteiger partial charge on any atom is 0.0693 e. The summed E-state index contributed by atoms with van der Waals surface area (Å²) in [5.41, 5.74) is 22.0. The normalized spacial score (nSPS) is 13.5. The van der Waals surface area contributed by atoms with Crippen LogP contribution < -0.4 is 0 Å². The lowest BCUT2D eigenvalue weighted by Crippen LogP contribution is -2.03. The molecule has 0 heterocycles. The van der Waals surface area contributed by atoms with Gasteiger partial charge in [-0.15, -0.1) is 0 Å². The van der Waals surface area contributed by atoms with E-state index in [0.29, 0.717) is 46.3 Å². The maximum atomic E-state index is 8.36. The fourth-order valence-corrected chi connectivity index (χ4v) is 15.4. The molecule has 0 saturated carbocycles. The summed E-state index contributed by atoms with van der Waals surface area (Å²) in [6, 6.07) is 53.5. The van der Waals surface area contributed by atoms with E-state index in [9.17, 15) is 0 Å². The van der Waals surface area contributed by atoms with Gasteiger partial charge in [-0.05, 0) is 141 Å². The van der Waals surface area contributed by atoms with Crippen LogP contribution in [0.5, 0.6) is 0 Å². The second-order valence-electron chi connectivity index (χ2n) is 19.1. The summed E-state index contributed by atoms with van der Waals surface area (Å²) >= 11 is 45.8. The average molecular weight is 1000 g/mol. The van der Waals surface area contributed by atoms with Gasteiger partial charge >= 0.3 is 0 Å². The highest BCUT2D eigenvalue weighted by molar-refractivity contribution is 6.63. The van der Waals surface area contributed by atoms with Crippen LogP contribution in [0.15, 0.2) is 146 Å². The van der Waals surface area contributed by atoms with Crippen LogP contribution in [0.1, 0.15) is 33.4 Å². The minimum Gasteiger partial charge on any atom is -0.0836 e. The van der Waals surface area contributed by atoms with Gasteiger partial charge in [-0.25, -0.2) is 0 Å². The third-order valence-electron chi connectivity index (χ3n) is 16.1. The van der Waals surface area contributed by atoms with Crippen LogP contribution in [0, 0.1) is 0 Å². The Bertz CT molecular complexity index is 4520. The molecule has 3 aliphatic rings. The Morgan fingerprint density at radius 3 is 1.17 bits per heavy atom. The monoisotopic (exact) mass is 996 g/mol. The second kappa shape index (κ2) is 13.8. The molecule has 0 radical (unpaired) electrons. The molecular weight excluding hydrogens is 969 g/mol. The van der Waals surface area contributed by atoms with Crippen LogP contribution in [-0.4, -0.2) is 0 Å². The first kappa shape index (κ1) is 39.8. The number of hydrogen-bond acceptors (Lipinski definition) is 0. The molecule has 0 unspecified atom stereocenters. The molecule has 0 nitrogen and oxygen atoms in total. The molecule has 3 aliphatic carbocycles. The van der Waals surface area contributed by atoms with Crippen molar-refractivity contribution in [1.82, 2.24) is 0 Å². The van der Waals surface area contributed by atoms with Crippen LogP contribution in [-0.2, 0) is 19.3 Å². The highest BCUT2D eigenvalue weighted by atomic mass is 35.5. The highest BCUT2D eigenvalue weighted by Gasteiger charge is 2.37. The summed E-state index contributed by atoms with van der Waals surface area (Å²) in [6.45, 7) is 0. The Morgan fingerprint density at radius 2 is 0.652 bits per heavy atom. The van der Waals surface area contributed by atoms with Gasteiger partial charge in [-0.2, -0.15) is 0 Å². The number of rotatable bonds is 3. The molecule has 0 atom stereocenters. The van der Waals surface area contributed by atoms with Crippen molar-refractivity contribution in [2.24, 2.45) is 0 Å². The molecule has 0 spiro atoms. The largest absolute Gasteiger partial charge is 0.0836 e. The van der Waals surface area contributed by atoms with Gasteiger partial charge in [0, 0.05) is 48.7 Å². The molecule has 13 aromatic carbocycles. The van der Waals surface area contributed by atoms with E-state index in [1.165, 1.54) is 83.5 Å².